The summed E-state index contributed by atoms with van der Waals surface area (Å²) >= 11 is 0. The number of nitrogen functional groups attached to an aromatic ring is 1. The second kappa shape index (κ2) is 7.77. The number of methoxy groups -OCH3 is 2. The molecule has 8 nitrogen and oxygen atoms in total. The largest absolute Gasteiger partial charge is 0.497 e. The Balaban J connectivity index is 2.03. The number of rotatable bonds is 7. The number of hydrogen-bond acceptors (Lipinski definition) is 6. The summed E-state index contributed by atoms with van der Waals surface area (Å²) in [6.07, 6.45) is 2.15. The highest BCUT2D eigenvalue weighted by atomic mass is 16.6. The van der Waals surface area contributed by atoms with Crippen LogP contribution < -0.4 is 15.2 Å². The van der Waals surface area contributed by atoms with Crippen molar-refractivity contribution in [1.29, 1.82) is 0 Å². The van der Waals surface area contributed by atoms with Crippen molar-refractivity contribution in [3.05, 3.63) is 75.6 Å². The lowest BCUT2D eigenvalue weighted by atomic mass is 9.89. The lowest BCUT2D eigenvalue weighted by Gasteiger charge is -2.18. The zero-order valence-corrected chi connectivity index (χ0v) is 15.0. The van der Waals surface area contributed by atoms with Crippen LogP contribution in [-0.4, -0.2) is 29.1 Å². The standard InChI is InChI=1S/C19H20N4O4/c1-26-15-6-3-12(4-7-15)16(17-11-21-19(20)22-17)10-13-9-14(23(24)25)5-8-18(13)27-2/h3-9,11,16H,10H2,1-2H3,(H3,20,21,22). The number of aromatic nitrogens is 2. The smallest absolute Gasteiger partial charge is 0.269 e. The Morgan fingerprint density at radius 2 is 1.93 bits per heavy atom. The van der Waals surface area contributed by atoms with Crippen molar-refractivity contribution in [1.82, 2.24) is 9.97 Å². The van der Waals surface area contributed by atoms with E-state index in [0.717, 1.165) is 22.6 Å². The summed E-state index contributed by atoms with van der Waals surface area (Å²) in [6.45, 7) is 0. The molecule has 1 aromatic heterocycles. The third-order valence-electron chi connectivity index (χ3n) is 4.41. The molecule has 8 heteroatoms. The Bertz CT molecular complexity index is 937. The molecule has 1 unspecified atom stereocenters. The predicted octanol–water partition coefficient (Wildman–Crippen LogP) is 3.29. The van der Waals surface area contributed by atoms with Crippen LogP contribution in [0, 0.1) is 10.1 Å². The van der Waals surface area contributed by atoms with Gasteiger partial charge in [-0.15, -0.1) is 0 Å². The number of H-pyrrole nitrogens is 1. The van der Waals surface area contributed by atoms with Gasteiger partial charge in [0.15, 0.2) is 5.95 Å². The van der Waals surface area contributed by atoms with E-state index >= 15 is 0 Å². The van der Waals surface area contributed by atoms with Crippen LogP contribution in [0.2, 0.25) is 0 Å². The summed E-state index contributed by atoms with van der Waals surface area (Å²) in [6, 6.07) is 12.2. The Hall–Kier alpha value is -3.55. The molecule has 0 saturated carbocycles. The fraction of sp³-hybridized carbons (Fsp3) is 0.211. The second-order valence-corrected chi connectivity index (χ2v) is 6.01. The van der Waals surface area contributed by atoms with Gasteiger partial charge in [0.25, 0.3) is 5.69 Å². The Labute approximate surface area is 156 Å². The maximum absolute atomic E-state index is 11.2. The number of non-ortho nitro benzene ring substituents is 1. The highest BCUT2D eigenvalue weighted by Gasteiger charge is 2.21. The van der Waals surface area contributed by atoms with E-state index in [4.69, 9.17) is 15.2 Å². The molecule has 3 N–H and O–H groups in total. The van der Waals surface area contributed by atoms with E-state index in [-0.39, 0.29) is 11.6 Å². The van der Waals surface area contributed by atoms with E-state index in [1.165, 1.54) is 12.1 Å². The number of ether oxygens (including phenoxy) is 2. The summed E-state index contributed by atoms with van der Waals surface area (Å²) in [5.41, 5.74) is 8.30. The average Bonchev–Trinajstić information content (AvgIpc) is 3.12. The molecule has 0 aliphatic heterocycles. The van der Waals surface area contributed by atoms with Crippen molar-refractivity contribution in [2.45, 2.75) is 12.3 Å². The topological polar surface area (TPSA) is 116 Å². The quantitative estimate of drug-likeness (QED) is 0.488. The molecule has 140 valence electrons. The van der Waals surface area contributed by atoms with E-state index in [9.17, 15) is 10.1 Å². The van der Waals surface area contributed by atoms with Crippen LogP contribution >= 0.6 is 0 Å². The van der Waals surface area contributed by atoms with Crippen molar-refractivity contribution in [3.8, 4) is 11.5 Å². The Kier molecular flexibility index (Phi) is 5.25. The molecule has 0 bridgehead atoms. The van der Waals surface area contributed by atoms with Gasteiger partial charge in [-0.3, -0.25) is 10.1 Å². The van der Waals surface area contributed by atoms with E-state index in [0.29, 0.717) is 18.1 Å². The molecule has 3 aromatic rings. The van der Waals surface area contributed by atoms with E-state index < -0.39 is 4.92 Å². The lowest BCUT2D eigenvalue weighted by Crippen LogP contribution is -2.08. The Morgan fingerprint density at radius 3 is 2.48 bits per heavy atom. The molecule has 0 saturated heterocycles. The van der Waals surface area contributed by atoms with Crippen LogP contribution in [0.25, 0.3) is 0 Å². The summed E-state index contributed by atoms with van der Waals surface area (Å²) in [7, 11) is 3.15. The zero-order chi connectivity index (χ0) is 19.4. The van der Waals surface area contributed by atoms with Crippen molar-refractivity contribution < 1.29 is 14.4 Å². The van der Waals surface area contributed by atoms with Crippen LogP contribution in [-0.2, 0) is 6.42 Å². The normalized spacial score (nSPS) is 11.8. The number of hydrogen-bond donors (Lipinski definition) is 2. The minimum Gasteiger partial charge on any atom is -0.497 e. The van der Waals surface area contributed by atoms with Crippen LogP contribution in [0.15, 0.2) is 48.7 Å². The predicted molar refractivity (Wildman–Crippen MR) is 101 cm³/mol. The van der Waals surface area contributed by atoms with Gasteiger partial charge in [-0.25, -0.2) is 4.98 Å². The minimum atomic E-state index is -0.417. The van der Waals surface area contributed by atoms with Gasteiger partial charge in [-0.05, 0) is 30.2 Å². The number of benzene rings is 2. The highest BCUT2D eigenvalue weighted by Crippen LogP contribution is 2.33. The first-order valence-corrected chi connectivity index (χ1v) is 8.27. The molecule has 27 heavy (non-hydrogen) atoms. The van der Waals surface area contributed by atoms with Gasteiger partial charge in [0, 0.05) is 29.3 Å². The molecule has 2 aromatic carbocycles. The fourth-order valence-corrected chi connectivity index (χ4v) is 3.03. The monoisotopic (exact) mass is 368 g/mol. The Morgan fingerprint density at radius 1 is 1.19 bits per heavy atom. The number of anilines is 1. The van der Waals surface area contributed by atoms with Crippen molar-refractivity contribution in [3.63, 3.8) is 0 Å². The van der Waals surface area contributed by atoms with Crippen LogP contribution in [0.3, 0.4) is 0 Å². The third kappa shape index (κ3) is 4.00. The number of nitrogens with two attached hydrogens (primary N) is 1. The molecule has 0 spiro atoms. The molecule has 0 radical (unpaired) electrons. The molecule has 0 amide bonds. The van der Waals surface area contributed by atoms with Crippen molar-refractivity contribution in [2.24, 2.45) is 0 Å². The molecular weight excluding hydrogens is 348 g/mol. The fourth-order valence-electron chi connectivity index (χ4n) is 3.03. The van der Waals surface area contributed by atoms with E-state index in [1.807, 2.05) is 24.3 Å². The number of nitro benzene ring substituents is 1. The first kappa shape index (κ1) is 18.2. The first-order valence-electron chi connectivity index (χ1n) is 8.27. The number of imidazole rings is 1. The highest BCUT2D eigenvalue weighted by molar-refractivity contribution is 5.46. The molecule has 0 aliphatic rings. The maximum Gasteiger partial charge on any atom is 0.269 e. The second-order valence-electron chi connectivity index (χ2n) is 6.01. The van der Waals surface area contributed by atoms with Gasteiger partial charge in [-0.2, -0.15) is 0 Å². The van der Waals surface area contributed by atoms with Crippen molar-refractivity contribution >= 4 is 11.6 Å². The zero-order valence-electron chi connectivity index (χ0n) is 15.0. The van der Waals surface area contributed by atoms with E-state index in [2.05, 4.69) is 9.97 Å². The molecule has 1 atom stereocenters. The molecule has 0 aliphatic carbocycles. The molecular formula is C19H20N4O4. The first-order chi connectivity index (χ1) is 13.0. The van der Waals surface area contributed by atoms with Crippen LogP contribution in [0.4, 0.5) is 11.6 Å². The lowest BCUT2D eigenvalue weighted by molar-refractivity contribution is -0.384. The number of aromatic amines is 1. The molecule has 0 fully saturated rings. The summed E-state index contributed by atoms with van der Waals surface area (Å²) in [5.74, 6) is 1.51. The summed E-state index contributed by atoms with van der Waals surface area (Å²) < 4.78 is 10.6. The summed E-state index contributed by atoms with van der Waals surface area (Å²) in [5, 5.41) is 11.2. The molecule has 3 rings (SSSR count). The van der Waals surface area contributed by atoms with Crippen molar-refractivity contribution in [2.75, 3.05) is 20.0 Å². The maximum atomic E-state index is 11.2. The van der Waals surface area contributed by atoms with Gasteiger partial charge in [0.05, 0.1) is 25.3 Å². The average molecular weight is 368 g/mol. The minimum absolute atomic E-state index is 0.0170. The number of nitrogens with one attached hydrogen (secondary N) is 1. The SMILES string of the molecule is COc1ccc(C(Cc2cc([N+](=O)[O-])ccc2OC)c2cnc(N)[nH]2)cc1. The van der Waals surface area contributed by atoms with Gasteiger partial charge in [0.2, 0.25) is 0 Å². The summed E-state index contributed by atoms with van der Waals surface area (Å²) in [4.78, 5) is 17.9. The van der Waals surface area contributed by atoms with E-state index in [1.54, 1.807) is 26.5 Å². The number of nitrogens with zero attached hydrogens (tertiary/aromatic N) is 2. The van der Waals surface area contributed by atoms with Crippen LogP contribution in [0.5, 0.6) is 11.5 Å². The third-order valence-corrected chi connectivity index (χ3v) is 4.41. The van der Waals surface area contributed by atoms with Gasteiger partial charge in [0.1, 0.15) is 11.5 Å². The van der Waals surface area contributed by atoms with Gasteiger partial charge in [-0.1, -0.05) is 12.1 Å². The van der Waals surface area contributed by atoms with Gasteiger partial charge < -0.3 is 20.2 Å². The molecule has 1 heterocycles. The van der Waals surface area contributed by atoms with Crippen LogP contribution in [0.1, 0.15) is 22.7 Å². The number of nitro groups is 1. The van der Waals surface area contributed by atoms with Gasteiger partial charge >= 0.3 is 0 Å².